The van der Waals surface area contributed by atoms with Crippen LogP contribution in [-0.2, 0) is 0 Å². The van der Waals surface area contributed by atoms with Crippen LogP contribution in [0.15, 0.2) is 41.0 Å². The molecule has 0 aliphatic heterocycles. The normalized spacial score (nSPS) is 36.0. The van der Waals surface area contributed by atoms with Crippen molar-refractivity contribution in [2.75, 3.05) is 5.73 Å². The van der Waals surface area contributed by atoms with Crippen LogP contribution in [0.5, 0.6) is 0 Å². The molecule has 39 heavy (non-hydrogen) atoms. The number of anilines is 1. The summed E-state index contributed by atoms with van der Waals surface area (Å²) in [5.74, 6) is 2.16. The lowest BCUT2D eigenvalue weighted by molar-refractivity contribution is -0.0423. The first-order chi connectivity index (χ1) is 18.6. The smallest absolute Gasteiger partial charge is 0.277 e. The molecule has 0 saturated heterocycles. The Labute approximate surface area is 235 Å². The van der Waals surface area contributed by atoms with E-state index in [9.17, 15) is 9.90 Å². The lowest BCUT2D eigenvalue weighted by Gasteiger charge is -2.58. The number of hydrogen-bond acceptors (Lipinski definition) is 5. The highest BCUT2D eigenvalue weighted by molar-refractivity contribution is 6.30. The molecule has 4 aliphatic carbocycles. The zero-order valence-corrected chi connectivity index (χ0v) is 23.9. The van der Waals surface area contributed by atoms with Gasteiger partial charge in [0, 0.05) is 22.2 Å². The van der Waals surface area contributed by atoms with Gasteiger partial charge in [0.05, 0.1) is 11.8 Å². The molecule has 6 rings (SSSR count). The summed E-state index contributed by atoms with van der Waals surface area (Å²) >= 11 is 6.03. The van der Waals surface area contributed by atoms with E-state index >= 15 is 0 Å². The number of rotatable bonds is 4. The van der Waals surface area contributed by atoms with Gasteiger partial charge in [0.2, 0.25) is 0 Å². The highest BCUT2D eigenvalue weighted by atomic mass is 35.5. The van der Waals surface area contributed by atoms with Gasteiger partial charge in [0.1, 0.15) is 5.56 Å². The lowest BCUT2D eigenvalue weighted by atomic mass is 9.47. The van der Waals surface area contributed by atoms with Crippen LogP contribution in [0.1, 0.15) is 82.5 Å². The molecule has 1 heterocycles. The molecule has 7 nitrogen and oxygen atoms in total. The van der Waals surface area contributed by atoms with Gasteiger partial charge in [-0.05, 0) is 99.0 Å². The first kappa shape index (κ1) is 26.6. The lowest BCUT2D eigenvalue weighted by Crippen LogP contribution is -2.51. The van der Waals surface area contributed by atoms with Crippen molar-refractivity contribution in [2.45, 2.75) is 78.2 Å². The molecule has 0 unspecified atom stereocenters. The fraction of sp³-hybridized carbons (Fsp3) is 0.581. The van der Waals surface area contributed by atoms with Gasteiger partial charge in [0.25, 0.3) is 5.91 Å². The molecule has 2 aromatic rings. The van der Waals surface area contributed by atoms with Gasteiger partial charge < -0.3 is 10.8 Å². The van der Waals surface area contributed by atoms with Gasteiger partial charge in [-0.15, -0.1) is 0 Å². The Hall–Kier alpha value is -2.64. The Morgan fingerprint density at radius 3 is 2.69 bits per heavy atom. The Morgan fingerprint density at radius 1 is 1.15 bits per heavy atom. The van der Waals surface area contributed by atoms with Gasteiger partial charge in [-0.1, -0.05) is 49.2 Å². The van der Waals surface area contributed by atoms with Crippen molar-refractivity contribution in [3.05, 3.63) is 46.5 Å². The number of allylic oxidation sites excluding steroid dienone is 1. The van der Waals surface area contributed by atoms with Gasteiger partial charge in [-0.2, -0.15) is 10.2 Å². The van der Waals surface area contributed by atoms with E-state index in [0.29, 0.717) is 40.0 Å². The minimum atomic E-state index is -0.369. The van der Waals surface area contributed by atoms with Crippen LogP contribution < -0.4 is 11.2 Å². The van der Waals surface area contributed by atoms with Crippen LogP contribution in [0.25, 0.3) is 11.3 Å². The number of nitrogen functional groups attached to an aromatic ring is 1. The largest absolute Gasteiger partial charge is 0.393 e. The summed E-state index contributed by atoms with van der Waals surface area (Å²) in [4.78, 5) is 13.2. The summed E-state index contributed by atoms with van der Waals surface area (Å²) in [6.45, 7) is 7.00. The molecule has 0 radical (unpaired) electrons. The van der Waals surface area contributed by atoms with E-state index in [-0.39, 0.29) is 28.7 Å². The quantitative estimate of drug-likeness (QED) is 0.202. The second kappa shape index (κ2) is 9.77. The number of halogens is 1. The second-order valence-corrected chi connectivity index (χ2v) is 13.3. The van der Waals surface area contributed by atoms with Crippen LogP contribution in [0, 0.1) is 34.5 Å². The maximum atomic E-state index is 13.2. The molecule has 0 bridgehead atoms. The van der Waals surface area contributed by atoms with Gasteiger partial charge in [-0.25, -0.2) is 5.43 Å². The fourth-order valence-electron chi connectivity index (χ4n) is 9.01. The number of aliphatic hydroxyl groups excluding tert-OH is 1. The maximum Gasteiger partial charge on any atom is 0.277 e. The van der Waals surface area contributed by atoms with Gasteiger partial charge in [0.15, 0.2) is 5.82 Å². The molecule has 1 aromatic carbocycles. The molecule has 3 saturated carbocycles. The number of carbonyl (C=O) groups is 1. The average Bonchev–Trinajstić information content (AvgIpc) is 3.47. The number of nitrogens with one attached hydrogen (secondary N) is 2. The van der Waals surface area contributed by atoms with Crippen LogP contribution >= 0.6 is 11.6 Å². The van der Waals surface area contributed by atoms with Crippen molar-refractivity contribution in [3.63, 3.8) is 0 Å². The first-order valence-corrected chi connectivity index (χ1v) is 14.8. The number of nitrogens with zero attached hydrogens (tertiary/aromatic N) is 2. The Balaban J connectivity index is 1.19. The maximum absolute atomic E-state index is 13.2. The highest BCUT2D eigenvalue weighted by Crippen LogP contribution is 2.66. The van der Waals surface area contributed by atoms with Gasteiger partial charge in [-0.3, -0.25) is 9.89 Å². The number of aromatic nitrogens is 2. The predicted molar refractivity (Wildman–Crippen MR) is 155 cm³/mol. The summed E-state index contributed by atoms with van der Waals surface area (Å²) in [6.07, 6.45) is 11.1. The molecule has 8 heteroatoms. The number of amides is 1. The molecule has 3 fully saturated rings. The van der Waals surface area contributed by atoms with E-state index in [2.05, 4.69) is 47.6 Å². The number of fused-ring (bicyclic) bond motifs is 5. The van der Waals surface area contributed by atoms with Crippen LogP contribution in [0.2, 0.25) is 5.02 Å². The van der Waals surface area contributed by atoms with Gasteiger partial charge >= 0.3 is 0 Å². The molecule has 7 atom stereocenters. The number of carbonyl (C=O) groups excluding carboxylic acids is 1. The standard InChI is InChI=1S/C31H40ClN5O2/c1-17(34-37-29(39)26-27(35-36-28(26)33)18-4-7-20(32)8-5-18)23-10-11-24-22-9-6-19-16-21(38)12-14-30(19,2)25(22)13-15-31(23,24)3/h4-8,21-25,38H,9-16H2,1-3H3,(H,37,39)(H3,33,35,36)/b34-17+/t21-,22-,23+,24-,25-,30-,31+/m0/s1. The minimum Gasteiger partial charge on any atom is -0.393 e. The fourth-order valence-corrected chi connectivity index (χ4v) is 9.14. The highest BCUT2D eigenvalue weighted by Gasteiger charge is 2.59. The Morgan fingerprint density at radius 2 is 1.92 bits per heavy atom. The van der Waals surface area contributed by atoms with Crippen LogP contribution in [-0.4, -0.2) is 33.0 Å². The van der Waals surface area contributed by atoms with Crippen molar-refractivity contribution < 1.29 is 9.90 Å². The van der Waals surface area contributed by atoms with E-state index in [0.717, 1.165) is 43.4 Å². The zero-order chi connectivity index (χ0) is 27.5. The van der Waals surface area contributed by atoms with E-state index in [1.807, 2.05) is 12.1 Å². The van der Waals surface area contributed by atoms with Crippen molar-refractivity contribution in [1.29, 1.82) is 0 Å². The molecule has 5 N–H and O–H groups in total. The third kappa shape index (κ3) is 4.33. The minimum absolute atomic E-state index is 0.143. The third-order valence-corrected chi connectivity index (χ3v) is 11.3. The number of benzene rings is 1. The number of aliphatic hydroxyl groups is 1. The molecule has 0 spiro atoms. The summed E-state index contributed by atoms with van der Waals surface area (Å²) < 4.78 is 0. The predicted octanol–water partition coefficient (Wildman–Crippen LogP) is 6.36. The van der Waals surface area contributed by atoms with Crippen molar-refractivity contribution in [1.82, 2.24) is 15.6 Å². The number of nitrogens with two attached hydrogens (primary N) is 1. The summed E-state index contributed by atoms with van der Waals surface area (Å²) in [5.41, 5.74) is 13.4. The number of H-pyrrole nitrogens is 1. The summed E-state index contributed by atoms with van der Waals surface area (Å²) in [6, 6.07) is 7.20. The van der Waals surface area contributed by atoms with E-state index in [1.165, 1.54) is 24.8 Å². The number of aromatic amines is 1. The van der Waals surface area contributed by atoms with E-state index in [1.54, 1.807) is 12.1 Å². The van der Waals surface area contributed by atoms with Crippen LogP contribution in [0.3, 0.4) is 0 Å². The summed E-state index contributed by atoms with van der Waals surface area (Å²) in [7, 11) is 0. The Kier molecular flexibility index (Phi) is 6.66. The van der Waals surface area contributed by atoms with Crippen molar-refractivity contribution in [3.8, 4) is 11.3 Å². The average molecular weight is 550 g/mol. The monoisotopic (exact) mass is 549 g/mol. The molecular formula is C31H40ClN5O2. The van der Waals surface area contributed by atoms with E-state index in [4.69, 9.17) is 17.3 Å². The molecule has 208 valence electrons. The van der Waals surface area contributed by atoms with E-state index < -0.39 is 0 Å². The van der Waals surface area contributed by atoms with Crippen molar-refractivity contribution in [2.24, 2.45) is 39.6 Å². The zero-order valence-electron chi connectivity index (χ0n) is 23.1. The molecule has 4 aliphatic rings. The summed E-state index contributed by atoms with van der Waals surface area (Å²) in [5, 5.41) is 22.5. The van der Waals surface area contributed by atoms with Crippen LogP contribution in [0.4, 0.5) is 5.82 Å². The second-order valence-electron chi connectivity index (χ2n) is 12.9. The first-order valence-electron chi connectivity index (χ1n) is 14.4. The molecular weight excluding hydrogens is 510 g/mol. The molecule has 1 amide bonds. The third-order valence-electron chi connectivity index (χ3n) is 11.1. The van der Waals surface area contributed by atoms with Crippen molar-refractivity contribution >= 4 is 29.0 Å². The molecule has 1 aromatic heterocycles. The Bertz CT molecular complexity index is 1330. The topological polar surface area (TPSA) is 116 Å². The number of hydrogen-bond donors (Lipinski definition) is 4. The SMILES string of the molecule is C/C(=N\NC(=O)c1c(N)n[nH]c1-c1ccc(Cl)cc1)[C@H]1CC[C@H]2[C@@H]3CC=C4C[C@@H](O)CC[C@]4(C)[C@H]3CC[C@]12C. The number of hydrazone groups is 1.